The third-order valence-electron chi connectivity index (χ3n) is 3.72. The first-order chi connectivity index (χ1) is 10.0. The number of benzene rings is 1. The summed E-state index contributed by atoms with van der Waals surface area (Å²) < 4.78 is 6.44. The summed E-state index contributed by atoms with van der Waals surface area (Å²) in [6, 6.07) is 6.90. The summed E-state index contributed by atoms with van der Waals surface area (Å²) in [5, 5.41) is 0.854. The Kier molecular flexibility index (Phi) is 3.01. The van der Waals surface area contributed by atoms with Crippen LogP contribution in [0.2, 0.25) is 0 Å². The molecule has 1 aliphatic heterocycles. The molecule has 0 atom stereocenters. The molecule has 0 N–H and O–H groups in total. The molecule has 2 amide bonds. The van der Waals surface area contributed by atoms with Crippen molar-refractivity contribution in [3.05, 3.63) is 29.8 Å². The molecule has 0 unspecified atom stereocenters. The van der Waals surface area contributed by atoms with E-state index in [9.17, 15) is 14.4 Å². The number of nitrogens with zero attached hydrogens (tertiary/aromatic N) is 2. The summed E-state index contributed by atoms with van der Waals surface area (Å²) in [5.74, 6) is -0.286. The van der Waals surface area contributed by atoms with Gasteiger partial charge in [-0.3, -0.25) is 9.59 Å². The molecule has 0 radical (unpaired) electrons. The van der Waals surface area contributed by atoms with Crippen LogP contribution in [0.25, 0.3) is 10.9 Å². The van der Waals surface area contributed by atoms with Crippen LogP contribution >= 0.6 is 0 Å². The van der Waals surface area contributed by atoms with Crippen LogP contribution in [-0.4, -0.2) is 29.5 Å². The van der Waals surface area contributed by atoms with Crippen molar-refractivity contribution in [1.29, 1.82) is 0 Å². The molecule has 1 fully saturated rings. The van der Waals surface area contributed by atoms with Crippen molar-refractivity contribution in [3.8, 4) is 0 Å². The number of hydrogen-bond donors (Lipinski definition) is 0. The molecule has 6 heteroatoms. The second-order valence-electron chi connectivity index (χ2n) is 4.95. The minimum atomic E-state index is -0.423. The number of amides is 2. The van der Waals surface area contributed by atoms with Crippen LogP contribution in [-0.2, 0) is 21.4 Å². The van der Waals surface area contributed by atoms with Gasteiger partial charge in [0.15, 0.2) is 0 Å². The van der Waals surface area contributed by atoms with Gasteiger partial charge < -0.3 is 9.30 Å². The summed E-state index contributed by atoms with van der Waals surface area (Å²) in [7, 11) is 3.09. The summed E-state index contributed by atoms with van der Waals surface area (Å²) in [6.45, 7) is 0. The lowest BCUT2D eigenvalue weighted by Gasteiger charge is -2.14. The van der Waals surface area contributed by atoms with Crippen molar-refractivity contribution in [2.75, 3.05) is 12.0 Å². The third kappa shape index (κ3) is 1.99. The zero-order chi connectivity index (χ0) is 15.1. The number of esters is 1. The fourth-order valence-corrected chi connectivity index (χ4v) is 2.61. The van der Waals surface area contributed by atoms with Gasteiger partial charge in [-0.25, -0.2) is 9.69 Å². The van der Waals surface area contributed by atoms with Gasteiger partial charge in [-0.15, -0.1) is 0 Å². The molecule has 3 rings (SSSR count). The zero-order valence-corrected chi connectivity index (χ0v) is 11.8. The monoisotopic (exact) mass is 286 g/mol. The predicted octanol–water partition coefficient (Wildman–Crippen LogP) is 1.62. The molecular formula is C15H14N2O4. The Bertz CT molecular complexity index is 759. The topological polar surface area (TPSA) is 68.6 Å². The molecule has 0 saturated carbocycles. The van der Waals surface area contributed by atoms with Gasteiger partial charge in [0, 0.05) is 25.3 Å². The first kappa shape index (κ1) is 13.4. The van der Waals surface area contributed by atoms with Gasteiger partial charge in [0.25, 0.3) is 0 Å². The van der Waals surface area contributed by atoms with Crippen LogP contribution in [0.3, 0.4) is 0 Å². The number of imide groups is 1. The summed E-state index contributed by atoms with van der Waals surface area (Å²) in [4.78, 5) is 36.5. The summed E-state index contributed by atoms with van der Waals surface area (Å²) in [6.07, 6.45) is 0.488. The van der Waals surface area contributed by atoms with Crippen LogP contribution in [0.1, 0.15) is 23.2 Å². The van der Waals surface area contributed by atoms with Crippen molar-refractivity contribution in [1.82, 2.24) is 4.57 Å². The standard InChI is InChI=1S/C15H14N2O4/c1-16-11-7-10(15(20)21-2)4-3-9(11)8-12(16)17-13(18)5-6-14(17)19/h3-4,7-8H,5-6H2,1-2H3. The predicted molar refractivity (Wildman–Crippen MR) is 76.0 cm³/mol. The van der Waals surface area contributed by atoms with Gasteiger partial charge in [-0.2, -0.15) is 0 Å². The van der Waals surface area contributed by atoms with E-state index < -0.39 is 5.97 Å². The average molecular weight is 286 g/mol. The number of fused-ring (bicyclic) bond motifs is 1. The number of aryl methyl sites for hydroxylation is 1. The quantitative estimate of drug-likeness (QED) is 0.621. The molecule has 0 aliphatic carbocycles. The number of aromatic nitrogens is 1. The van der Waals surface area contributed by atoms with E-state index in [-0.39, 0.29) is 24.7 Å². The molecule has 2 aromatic rings. The summed E-state index contributed by atoms with van der Waals surface area (Å²) >= 11 is 0. The highest BCUT2D eigenvalue weighted by molar-refractivity contribution is 6.20. The van der Waals surface area contributed by atoms with E-state index in [0.29, 0.717) is 11.4 Å². The lowest BCUT2D eigenvalue weighted by Crippen LogP contribution is -2.30. The largest absolute Gasteiger partial charge is 0.465 e. The molecule has 1 aliphatic rings. The van der Waals surface area contributed by atoms with Gasteiger partial charge in [-0.05, 0) is 18.2 Å². The van der Waals surface area contributed by atoms with Crippen molar-refractivity contribution in [3.63, 3.8) is 0 Å². The number of carbonyl (C=O) groups is 3. The number of anilines is 1. The van der Waals surface area contributed by atoms with Crippen LogP contribution < -0.4 is 4.90 Å². The van der Waals surface area contributed by atoms with E-state index in [1.54, 1.807) is 35.9 Å². The summed E-state index contributed by atoms with van der Waals surface area (Å²) in [5.41, 5.74) is 1.19. The molecule has 108 valence electrons. The molecule has 1 saturated heterocycles. The van der Waals surface area contributed by atoms with Crippen molar-refractivity contribution < 1.29 is 19.1 Å². The molecule has 0 spiro atoms. The molecular weight excluding hydrogens is 272 g/mol. The third-order valence-corrected chi connectivity index (χ3v) is 3.72. The highest BCUT2D eigenvalue weighted by atomic mass is 16.5. The normalized spacial score (nSPS) is 15.0. The van der Waals surface area contributed by atoms with Gasteiger partial charge in [0.05, 0.1) is 18.2 Å². The van der Waals surface area contributed by atoms with E-state index in [1.165, 1.54) is 12.0 Å². The van der Waals surface area contributed by atoms with Crippen LogP contribution in [0.15, 0.2) is 24.3 Å². The molecule has 21 heavy (non-hydrogen) atoms. The van der Waals surface area contributed by atoms with E-state index in [2.05, 4.69) is 0 Å². The minimum Gasteiger partial charge on any atom is -0.465 e. The Balaban J connectivity index is 2.14. The minimum absolute atomic E-state index is 0.195. The number of rotatable bonds is 2. The molecule has 1 aromatic heterocycles. The highest BCUT2D eigenvalue weighted by Gasteiger charge is 2.32. The number of hydrogen-bond acceptors (Lipinski definition) is 4. The van der Waals surface area contributed by atoms with Crippen molar-refractivity contribution in [2.45, 2.75) is 12.8 Å². The maximum Gasteiger partial charge on any atom is 0.337 e. The maximum absolute atomic E-state index is 11.9. The lowest BCUT2D eigenvalue weighted by molar-refractivity contribution is -0.121. The lowest BCUT2D eigenvalue weighted by atomic mass is 10.1. The number of carbonyl (C=O) groups excluding carboxylic acids is 3. The molecule has 0 bridgehead atoms. The van der Waals surface area contributed by atoms with Crippen LogP contribution in [0, 0.1) is 0 Å². The van der Waals surface area contributed by atoms with Crippen molar-refractivity contribution >= 4 is 34.5 Å². The Morgan fingerprint density at radius 1 is 1.14 bits per heavy atom. The van der Waals surface area contributed by atoms with Gasteiger partial charge in [0.1, 0.15) is 5.82 Å². The van der Waals surface area contributed by atoms with Gasteiger partial charge in [-0.1, -0.05) is 6.07 Å². The fourth-order valence-electron chi connectivity index (χ4n) is 2.61. The van der Waals surface area contributed by atoms with Crippen molar-refractivity contribution in [2.24, 2.45) is 7.05 Å². The molecule has 6 nitrogen and oxygen atoms in total. The van der Waals surface area contributed by atoms with E-state index in [1.807, 2.05) is 0 Å². The smallest absolute Gasteiger partial charge is 0.337 e. The SMILES string of the molecule is COC(=O)c1ccc2cc(N3C(=O)CCC3=O)n(C)c2c1. The highest BCUT2D eigenvalue weighted by Crippen LogP contribution is 2.29. The van der Waals surface area contributed by atoms with E-state index >= 15 is 0 Å². The first-order valence-corrected chi connectivity index (χ1v) is 6.56. The van der Waals surface area contributed by atoms with Crippen LogP contribution in [0.5, 0.6) is 0 Å². The Hall–Kier alpha value is -2.63. The van der Waals surface area contributed by atoms with Gasteiger partial charge >= 0.3 is 5.97 Å². The number of ether oxygens (including phenoxy) is 1. The van der Waals surface area contributed by atoms with Crippen LogP contribution in [0.4, 0.5) is 5.82 Å². The Morgan fingerprint density at radius 3 is 2.43 bits per heavy atom. The molecule has 1 aromatic carbocycles. The Labute approximate surface area is 120 Å². The first-order valence-electron chi connectivity index (χ1n) is 6.56. The maximum atomic E-state index is 11.9. The average Bonchev–Trinajstić information content (AvgIpc) is 2.98. The Morgan fingerprint density at radius 2 is 1.81 bits per heavy atom. The zero-order valence-electron chi connectivity index (χ0n) is 11.8. The van der Waals surface area contributed by atoms with E-state index in [4.69, 9.17) is 4.74 Å². The fraction of sp³-hybridized carbons (Fsp3) is 0.267. The second kappa shape index (κ2) is 4.73. The molecule has 2 heterocycles. The van der Waals surface area contributed by atoms with Gasteiger partial charge in [0.2, 0.25) is 11.8 Å². The van der Waals surface area contributed by atoms with E-state index in [0.717, 1.165) is 10.9 Å². The second-order valence-corrected chi connectivity index (χ2v) is 4.95. The number of methoxy groups -OCH3 is 1.